The number of amides is 6. The van der Waals surface area contributed by atoms with Crippen LogP contribution in [0.2, 0.25) is 0 Å². The molecule has 12 nitrogen and oxygen atoms in total. The van der Waals surface area contributed by atoms with Gasteiger partial charge in [-0.3, -0.25) is 29.8 Å². The van der Waals surface area contributed by atoms with Crippen LogP contribution in [0.15, 0.2) is 72.8 Å². The minimum atomic E-state index is -0.644. The summed E-state index contributed by atoms with van der Waals surface area (Å²) in [7, 11) is 0. The van der Waals surface area contributed by atoms with Gasteiger partial charge in [-0.15, -0.1) is 0 Å². The average Bonchev–Trinajstić information content (AvgIpc) is 3.43. The third-order valence-electron chi connectivity index (χ3n) is 5.62. The number of anilines is 4. The second kappa shape index (κ2) is 12.3. The van der Waals surface area contributed by atoms with Crippen LogP contribution in [0.5, 0.6) is 0 Å². The van der Waals surface area contributed by atoms with Crippen LogP contribution in [0.25, 0.3) is 0 Å². The van der Waals surface area contributed by atoms with Gasteiger partial charge in [0.1, 0.15) is 0 Å². The van der Waals surface area contributed by atoms with Crippen LogP contribution in [-0.4, -0.2) is 49.0 Å². The molecule has 0 spiro atoms. The zero-order valence-corrected chi connectivity index (χ0v) is 20.6. The summed E-state index contributed by atoms with van der Waals surface area (Å²) >= 11 is 0. The molecule has 0 radical (unpaired) electrons. The third kappa shape index (κ3) is 6.95. The fourth-order valence-electron chi connectivity index (χ4n) is 3.72. The van der Waals surface area contributed by atoms with Gasteiger partial charge < -0.3 is 9.47 Å². The molecule has 2 aromatic carbocycles. The van der Waals surface area contributed by atoms with E-state index in [0.29, 0.717) is 42.0 Å². The summed E-state index contributed by atoms with van der Waals surface area (Å²) in [5, 5.41) is 5.13. The molecule has 4 rings (SSSR count). The summed E-state index contributed by atoms with van der Waals surface area (Å²) in [6.45, 7) is 0.338. The molecule has 2 N–H and O–H groups in total. The van der Waals surface area contributed by atoms with Crippen LogP contribution in [0.1, 0.15) is 19.3 Å². The molecule has 2 heterocycles. The number of hydrogen-bond donors (Lipinski definition) is 2. The molecular formula is C27H24N4O8. The molecule has 0 saturated heterocycles. The highest BCUT2D eigenvalue weighted by molar-refractivity contribution is 6.28. The van der Waals surface area contributed by atoms with Gasteiger partial charge in [0.15, 0.2) is 0 Å². The monoisotopic (exact) mass is 532 g/mol. The summed E-state index contributed by atoms with van der Waals surface area (Å²) in [6, 6.07) is 12.4. The highest BCUT2D eigenvalue weighted by Crippen LogP contribution is 2.22. The number of nitrogens with zero attached hydrogens (tertiary/aromatic N) is 2. The number of carbonyl (C=O) groups is 6. The van der Waals surface area contributed by atoms with Crippen molar-refractivity contribution in [2.24, 2.45) is 0 Å². The van der Waals surface area contributed by atoms with Crippen LogP contribution in [0.3, 0.4) is 0 Å². The number of benzene rings is 2. The predicted octanol–water partition coefficient (Wildman–Crippen LogP) is 3.51. The lowest BCUT2D eigenvalue weighted by molar-refractivity contribution is -0.121. The van der Waals surface area contributed by atoms with E-state index in [-0.39, 0.29) is 13.2 Å². The number of nitrogens with one attached hydrogen (secondary N) is 2. The first-order valence-electron chi connectivity index (χ1n) is 12.0. The first kappa shape index (κ1) is 26.8. The molecule has 200 valence electrons. The molecule has 0 aromatic heterocycles. The Kier molecular flexibility index (Phi) is 8.46. The number of hydrogen-bond acceptors (Lipinski definition) is 8. The maximum atomic E-state index is 12.0. The van der Waals surface area contributed by atoms with E-state index in [9.17, 15) is 28.8 Å². The van der Waals surface area contributed by atoms with Crippen LogP contribution >= 0.6 is 0 Å². The highest BCUT2D eigenvalue weighted by Gasteiger charge is 2.25. The van der Waals surface area contributed by atoms with E-state index in [1.54, 1.807) is 48.5 Å². The normalized spacial score (nSPS) is 14.3. The summed E-state index contributed by atoms with van der Waals surface area (Å²) in [5.41, 5.74) is 1.68. The first-order chi connectivity index (χ1) is 18.8. The van der Waals surface area contributed by atoms with Gasteiger partial charge in [0.05, 0.1) is 24.6 Å². The van der Waals surface area contributed by atoms with E-state index in [1.807, 2.05) is 0 Å². The maximum Gasteiger partial charge on any atom is 0.411 e. The quantitative estimate of drug-likeness (QED) is 0.348. The molecule has 0 saturated carbocycles. The Morgan fingerprint density at radius 2 is 0.872 bits per heavy atom. The summed E-state index contributed by atoms with van der Waals surface area (Å²) < 4.78 is 10.3. The Morgan fingerprint density at radius 3 is 1.21 bits per heavy atom. The number of imide groups is 2. The van der Waals surface area contributed by atoms with Gasteiger partial charge in [-0.2, -0.15) is 0 Å². The molecule has 0 bridgehead atoms. The van der Waals surface area contributed by atoms with Crippen molar-refractivity contribution in [2.75, 3.05) is 33.6 Å². The van der Waals surface area contributed by atoms with Gasteiger partial charge in [0.25, 0.3) is 23.6 Å². The van der Waals surface area contributed by atoms with Crippen molar-refractivity contribution in [2.45, 2.75) is 19.3 Å². The summed E-state index contributed by atoms with van der Waals surface area (Å²) in [5.74, 6) is -1.70. The number of ether oxygens (including phenoxy) is 2. The van der Waals surface area contributed by atoms with Gasteiger partial charge in [-0.25, -0.2) is 19.4 Å². The Balaban J connectivity index is 1.06. The van der Waals surface area contributed by atoms with Crippen molar-refractivity contribution >= 4 is 58.6 Å². The fraction of sp³-hybridized carbons (Fsp3) is 0.185. The Morgan fingerprint density at radius 1 is 0.538 bits per heavy atom. The van der Waals surface area contributed by atoms with Gasteiger partial charge in [0.2, 0.25) is 0 Å². The Labute approximate surface area is 222 Å². The summed E-state index contributed by atoms with van der Waals surface area (Å²) in [6.07, 6.45) is 5.26. The largest absolute Gasteiger partial charge is 0.449 e. The molecular weight excluding hydrogens is 508 g/mol. The van der Waals surface area contributed by atoms with Gasteiger partial charge >= 0.3 is 12.2 Å². The smallest absolute Gasteiger partial charge is 0.411 e. The highest BCUT2D eigenvalue weighted by atomic mass is 16.6. The lowest BCUT2D eigenvalue weighted by Crippen LogP contribution is -2.29. The lowest BCUT2D eigenvalue weighted by Gasteiger charge is -2.14. The molecule has 2 aliphatic rings. The van der Waals surface area contributed by atoms with Crippen molar-refractivity contribution in [3.63, 3.8) is 0 Å². The van der Waals surface area contributed by atoms with E-state index in [0.717, 1.165) is 9.80 Å². The average molecular weight is 533 g/mol. The minimum Gasteiger partial charge on any atom is -0.449 e. The second-order valence-corrected chi connectivity index (χ2v) is 8.37. The molecule has 39 heavy (non-hydrogen) atoms. The van der Waals surface area contributed by atoms with E-state index in [4.69, 9.17) is 9.47 Å². The van der Waals surface area contributed by atoms with Crippen LogP contribution in [0.4, 0.5) is 32.3 Å². The Bertz CT molecular complexity index is 1210. The molecule has 6 amide bonds. The fourth-order valence-corrected chi connectivity index (χ4v) is 3.72. The molecule has 0 unspecified atom stereocenters. The Hall–Kier alpha value is -5.26. The van der Waals surface area contributed by atoms with Crippen molar-refractivity contribution in [3.8, 4) is 0 Å². The topological polar surface area (TPSA) is 151 Å². The van der Waals surface area contributed by atoms with Gasteiger partial charge in [0, 0.05) is 35.7 Å². The molecule has 0 aliphatic carbocycles. The zero-order valence-electron chi connectivity index (χ0n) is 20.6. The number of unbranched alkanes of at least 4 members (excludes halogenated alkanes) is 2. The summed E-state index contributed by atoms with van der Waals surface area (Å²) in [4.78, 5) is 72.8. The first-order valence-corrected chi connectivity index (χ1v) is 12.0. The van der Waals surface area contributed by atoms with Gasteiger partial charge in [-0.1, -0.05) is 0 Å². The number of rotatable bonds is 10. The van der Waals surface area contributed by atoms with Crippen molar-refractivity contribution in [3.05, 3.63) is 72.8 Å². The SMILES string of the molecule is O=C(Nc1ccc(N2C(=O)C=CC2=O)cc1)OCCCCCOC(=O)Nc1ccc(N2C(=O)C=CC2=O)cc1. The molecule has 12 heteroatoms. The molecule has 0 atom stereocenters. The lowest BCUT2D eigenvalue weighted by atomic mass is 10.2. The van der Waals surface area contributed by atoms with Crippen molar-refractivity contribution in [1.29, 1.82) is 0 Å². The van der Waals surface area contributed by atoms with Crippen LogP contribution in [0, 0.1) is 0 Å². The van der Waals surface area contributed by atoms with E-state index < -0.39 is 35.8 Å². The minimum absolute atomic E-state index is 0.169. The third-order valence-corrected chi connectivity index (χ3v) is 5.62. The van der Waals surface area contributed by atoms with Crippen molar-refractivity contribution in [1.82, 2.24) is 0 Å². The standard InChI is InChI=1S/C27H24N4O8/c32-22-12-13-23(33)30(22)20-8-4-18(5-9-20)28-26(36)38-16-2-1-3-17-39-27(37)29-19-6-10-21(11-7-19)31-24(34)14-15-25(31)35/h4-15H,1-3,16-17H2,(H,28,36)(H,29,37). The maximum absolute atomic E-state index is 12.0. The van der Waals surface area contributed by atoms with Gasteiger partial charge in [-0.05, 0) is 67.8 Å². The van der Waals surface area contributed by atoms with E-state index in [1.165, 1.54) is 24.3 Å². The van der Waals surface area contributed by atoms with Crippen LogP contribution < -0.4 is 20.4 Å². The second-order valence-electron chi connectivity index (χ2n) is 8.37. The predicted molar refractivity (Wildman–Crippen MR) is 140 cm³/mol. The molecule has 2 aromatic rings. The van der Waals surface area contributed by atoms with E-state index in [2.05, 4.69) is 10.6 Å². The van der Waals surface area contributed by atoms with Crippen LogP contribution in [-0.2, 0) is 28.7 Å². The van der Waals surface area contributed by atoms with Crippen molar-refractivity contribution < 1.29 is 38.2 Å². The van der Waals surface area contributed by atoms with E-state index >= 15 is 0 Å². The zero-order chi connectivity index (χ0) is 27.8. The molecule has 2 aliphatic heterocycles. The number of carbonyl (C=O) groups excluding carboxylic acids is 6. The molecule has 0 fully saturated rings.